The number of ether oxygens (including phenoxy) is 2. The van der Waals surface area contributed by atoms with E-state index < -0.39 is 11.8 Å². The van der Waals surface area contributed by atoms with Crippen LogP contribution in [-0.4, -0.2) is 24.8 Å². The number of fused-ring (bicyclic) bond motifs is 1. The molecule has 3 rings (SSSR count). The SMILES string of the molecule is COC(=O)c1cn(-c2ccc(F)c(OC)c2)c2ccccc12. The Kier molecular flexibility index (Phi) is 3.55. The summed E-state index contributed by atoms with van der Waals surface area (Å²) < 4.78 is 25.2. The van der Waals surface area contributed by atoms with E-state index in [2.05, 4.69) is 0 Å². The van der Waals surface area contributed by atoms with Crippen LogP contribution in [-0.2, 0) is 4.74 Å². The van der Waals surface area contributed by atoms with Crippen LogP contribution in [0.3, 0.4) is 0 Å². The maximum absolute atomic E-state index is 13.6. The molecule has 0 spiro atoms. The predicted molar refractivity (Wildman–Crippen MR) is 81.1 cm³/mol. The summed E-state index contributed by atoms with van der Waals surface area (Å²) in [5, 5.41) is 0.776. The van der Waals surface area contributed by atoms with Crippen molar-refractivity contribution < 1.29 is 18.7 Å². The second-order valence-electron chi connectivity index (χ2n) is 4.74. The van der Waals surface area contributed by atoms with E-state index >= 15 is 0 Å². The first-order valence-electron chi connectivity index (χ1n) is 6.68. The van der Waals surface area contributed by atoms with Crippen molar-refractivity contribution in [3.05, 3.63) is 60.0 Å². The van der Waals surface area contributed by atoms with Gasteiger partial charge in [0, 0.05) is 23.3 Å². The van der Waals surface area contributed by atoms with Gasteiger partial charge in [-0.2, -0.15) is 0 Å². The number of para-hydroxylation sites is 1. The van der Waals surface area contributed by atoms with Crippen molar-refractivity contribution in [3.8, 4) is 11.4 Å². The summed E-state index contributed by atoms with van der Waals surface area (Å²) in [4.78, 5) is 11.9. The number of methoxy groups -OCH3 is 2. The number of rotatable bonds is 3. The molecule has 0 N–H and O–H groups in total. The molecule has 0 saturated heterocycles. The van der Waals surface area contributed by atoms with Crippen LogP contribution < -0.4 is 4.74 Å². The van der Waals surface area contributed by atoms with E-state index in [1.807, 2.05) is 28.8 Å². The highest BCUT2D eigenvalue weighted by Gasteiger charge is 2.16. The van der Waals surface area contributed by atoms with E-state index in [9.17, 15) is 9.18 Å². The topological polar surface area (TPSA) is 40.5 Å². The molecular formula is C17H14FNO3. The number of hydrogen-bond acceptors (Lipinski definition) is 3. The summed E-state index contributed by atoms with van der Waals surface area (Å²) in [6.07, 6.45) is 1.68. The second-order valence-corrected chi connectivity index (χ2v) is 4.74. The third-order valence-corrected chi connectivity index (χ3v) is 3.53. The maximum atomic E-state index is 13.6. The number of benzene rings is 2. The van der Waals surface area contributed by atoms with Crippen LogP contribution in [0, 0.1) is 5.82 Å². The van der Waals surface area contributed by atoms with Gasteiger partial charge in [-0.05, 0) is 18.2 Å². The Morgan fingerprint density at radius 3 is 2.64 bits per heavy atom. The smallest absolute Gasteiger partial charge is 0.340 e. The van der Waals surface area contributed by atoms with Gasteiger partial charge in [-0.15, -0.1) is 0 Å². The average molecular weight is 299 g/mol. The average Bonchev–Trinajstić information content (AvgIpc) is 2.94. The van der Waals surface area contributed by atoms with E-state index in [1.165, 1.54) is 20.3 Å². The molecule has 2 aromatic carbocycles. The number of nitrogens with zero attached hydrogens (tertiary/aromatic N) is 1. The number of carbonyl (C=O) groups is 1. The third-order valence-electron chi connectivity index (χ3n) is 3.53. The van der Waals surface area contributed by atoms with Crippen molar-refractivity contribution in [3.63, 3.8) is 0 Å². The quantitative estimate of drug-likeness (QED) is 0.694. The van der Waals surface area contributed by atoms with Gasteiger partial charge >= 0.3 is 5.97 Å². The van der Waals surface area contributed by atoms with Crippen LogP contribution in [0.5, 0.6) is 5.75 Å². The lowest BCUT2D eigenvalue weighted by atomic mass is 10.2. The predicted octanol–water partition coefficient (Wildman–Crippen LogP) is 3.56. The molecular weight excluding hydrogens is 285 g/mol. The highest BCUT2D eigenvalue weighted by Crippen LogP contribution is 2.28. The van der Waals surface area contributed by atoms with Crippen molar-refractivity contribution in [2.24, 2.45) is 0 Å². The standard InChI is InChI=1S/C17H14FNO3/c1-21-16-9-11(7-8-14(16)18)19-10-13(17(20)22-2)12-5-3-4-6-15(12)19/h3-10H,1-2H3. The summed E-state index contributed by atoms with van der Waals surface area (Å²) >= 11 is 0. The zero-order valence-electron chi connectivity index (χ0n) is 12.2. The Labute approximate surface area is 126 Å². The minimum atomic E-state index is -0.434. The first kappa shape index (κ1) is 14.1. The van der Waals surface area contributed by atoms with Gasteiger partial charge in [0.2, 0.25) is 0 Å². The van der Waals surface area contributed by atoms with Crippen molar-refractivity contribution in [1.82, 2.24) is 4.57 Å². The Bertz CT molecular complexity index is 854. The zero-order valence-corrected chi connectivity index (χ0v) is 12.2. The van der Waals surface area contributed by atoms with Crippen molar-refractivity contribution in [2.45, 2.75) is 0 Å². The van der Waals surface area contributed by atoms with Crippen LogP contribution in [0.1, 0.15) is 10.4 Å². The molecule has 1 aromatic heterocycles. The number of esters is 1. The Balaban J connectivity index is 2.25. The van der Waals surface area contributed by atoms with E-state index in [0.717, 1.165) is 10.9 Å². The highest BCUT2D eigenvalue weighted by atomic mass is 19.1. The molecule has 0 aliphatic rings. The fourth-order valence-corrected chi connectivity index (χ4v) is 2.46. The van der Waals surface area contributed by atoms with E-state index in [-0.39, 0.29) is 5.75 Å². The van der Waals surface area contributed by atoms with Crippen LogP contribution in [0.2, 0.25) is 0 Å². The minimum Gasteiger partial charge on any atom is -0.494 e. The van der Waals surface area contributed by atoms with E-state index in [0.29, 0.717) is 11.3 Å². The summed E-state index contributed by atoms with van der Waals surface area (Å²) in [6.45, 7) is 0. The molecule has 1 heterocycles. The van der Waals surface area contributed by atoms with Gasteiger partial charge < -0.3 is 14.0 Å². The fraction of sp³-hybridized carbons (Fsp3) is 0.118. The number of halogens is 1. The number of carbonyl (C=O) groups excluding carboxylic acids is 1. The van der Waals surface area contributed by atoms with Crippen LogP contribution >= 0.6 is 0 Å². The molecule has 0 atom stereocenters. The van der Waals surface area contributed by atoms with Crippen LogP contribution in [0.4, 0.5) is 4.39 Å². The molecule has 0 amide bonds. The Morgan fingerprint density at radius 2 is 1.91 bits per heavy atom. The molecule has 112 valence electrons. The normalized spacial score (nSPS) is 10.7. The molecule has 5 heteroatoms. The molecule has 22 heavy (non-hydrogen) atoms. The van der Waals surface area contributed by atoms with Gasteiger partial charge in [0.05, 0.1) is 25.3 Å². The maximum Gasteiger partial charge on any atom is 0.340 e. The first-order valence-corrected chi connectivity index (χ1v) is 6.68. The van der Waals surface area contributed by atoms with E-state index in [1.54, 1.807) is 18.3 Å². The monoisotopic (exact) mass is 299 g/mol. The van der Waals surface area contributed by atoms with Gasteiger partial charge in [0.25, 0.3) is 0 Å². The molecule has 0 unspecified atom stereocenters. The van der Waals surface area contributed by atoms with Crippen LogP contribution in [0.15, 0.2) is 48.7 Å². The summed E-state index contributed by atoms with van der Waals surface area (Å²) in [5.74, 6) is -0.699. The number of aromatic nitrogens is 1. The van der Waals surface area contributed by atoms with Gasteiger partial charge in [0.15, 0.2) is 11.6 Å². The Morgan fingerprint density at radius 1 is 1.14 bits per heavy atom. The highest BCUT2D eigenvalue weighted by molar-refractivity contribution is 6.04. The van der Waals surface area contributed by atoms with Gasteiger partial charge in [0.1, 0.15) is 0 Å². The van der Waals surface area contributed by atoms with E-state index in [4.69, 9.17) is 9.47 Å². The summed E-state index contributed by atoms with van der Waals surface area (Å²) in [7, 11) is 2.76. The molecule has 0 aliphatic heterocycles. The Hall–Kier alpha value is -2.82. The molecule has 0 bridgehead atoms. The third kappa shape index (κ3) is 2.20. The molecule has 3 aromatic rings. The lowest BCUT2D eigenvalue weighted by Crippen LogP contribution is -2.00. The lowest BCUT2D eigenvalue weighted by molar-refractivity contribution is 0.0603. The molecule has 0 saturated carbocycles. The number of hydrogen-bond donors (Lipinski definition) is 0. The van der Waals surface area contributed by atoms with Gasteiger partial charge in [-0.1, -0.05) is 18.2 Å². The summed E-state index contributed by atoms with van der Waals surface area (Å²) in [6, 6.07) is 12.0. The summed E-state index contributed by atoms with van der Waals surface area (Å²) in [5.41, 5.74) is 1.99. The molecule has 0 radical (unpaired) electrons. The molecule has 4 nitrogen and oxygen atoms in total. The van der Waals surface area contributed by atoms with Gasteiger partial charge in [-0.25, -0.2) is 9.18 Å². The lowest BCUT2D eigenvalue weighted by Gasteiger charge is -2.08. The van der Waals surface area contributed by atoms with Gasteiger partial charge in [-0.3, -0.25) is 0 Å². The zero-order chi connectivity index (χ0) is 15.7. The largest absolute Gasteiger partial charge is 0.494 e. The van der Waals surface area contributed by atoms with Crippen molar-refractivity contribution >= 4 is 16.9 Å². The van der Waals surface area contributed by atoms with Crippen molar-refractivity contribution in [2.75, 3.05) is 14.2 Å². The van der Waals surface area contributed by atoms with Crippen LogP contribution in [0.25, 0.3) is 16.6 Å². The minimum absolute atomic E-state index is 0.148. The fourth-order valence-electron chi connectivity index (χ4n) is 2.46. The van der Waals surface area contributed by atoms with Crippen molar-refractivity contribution in [1.29, 1.82) is 0 Å². The first-order chi connectivity index (χ1) is 10.7. The molecule has 0 fully saturated rings. The second kappa shape index (κ2) is 5.52. The molecule has 0 aliphatic carbocycles.